The molecule has 232 valence electrons. The molecule has 0 fully saturated rings. The third kappa shape index (κ3) is 15.3. The molecule has 2 N–H and O–H groups in total. The highest BCUT2D eigenvalue weighted by atomic mass is 16.7. The fourth-order valence-corrected chi connectivity index (χ4v) is 3.65. The average Bonchev–Trinajstić information content (AvgIpc) is 2.93. The van der Waals surface area contributed by atoms with E-state index in [1.54, 1.807) is 19.9 Å². The molecule has 0 aliphatic heterocycles. The Kier molecular flexibility index (Phi) is 17.9. The summed E-state index contributed by atoms with van der Waals surface area (Å²) in [6, 6.07) is 3.36. The summed E-state index contributed by atoms with van der Waals surface area (Å²) in [6.07, 6.45) is 4.14. The Balaban J connectivity index is 2.83. The van der Waals surface area contributed by atoms with E-state index in [-0.39, 0.29) is 49.6 Å². The molecular formula is C30H47NO10. The van der Waals surface area contributed by atoms with E-state index in [1.165, 1.54) is 12.1 Å². The van der Waals surface area contributed by atoms with Crippen LogP contribution in [0, 0.1) is 5.92 Å². The molecule has 1 rings (SSSR count). The molecule has 0 saturated carbocycles. The SMILES string of the molecule is CCCCCOC(=O)Oc1ccc(C[C@H](N)C(=O)O[C@@H](C)COC(=O)C(C)CCC)cc1OC(=O)OCCCCC. The molecule has 0 saturated heterocycles. The fourth-order valence-electron chi connectivity index (χ4n) is 3.65. The lowest BCUT2D eigenvalue weighted by atomic mass is 10.1. The number of ether oxygens (including phenoxy) is 6. The summed E-state index contributed by atoms with van der Waals surface area (Å²) in [5.41, 5.74) is 6.58. The van der Waals surface area contributed by atoms with Crippen LogP contribution in [0.25, 0.3) is 0 Å². The number of carbonyl (C=O) groups excluding carboxylic acids is 4. The van der Waals surface area contributed by atoms with Gasteiger partial charge in [0.2, 0.25) is 0 Å². The maximum absolute atomic E-state index is 12.6. The van der Waals surface area contributed by atoms with Gasteiger partial charge in [0.1, 0.15) is 18.8 Å². The molecule has 41 heavy (non-hydrogen) atoms. The summed E-state index contributed by atoms with van der Waals surface area (Å²) in [5, 5.41) is 0. The smallest absolute Gasteiger partial charge is 0.462 e. The van der Waals surface area contributed by atoms with Gasteiger partial charge in [-0.05, 0) is 50.3 Å². The van der Waals surface area contributed by atoms with Gasteiger partial charge in [0.15, 0.2) is 11.5 Å². The molecule has 0 heterocycles. The highest BCUT2D eigenvalue weighted by Crippen LogP contribution is 2.30. The van der Waals surface area contributed by atoms with E-state index in [0.717, 1.165) is 32.1 Å². The number of carbonyl (C=O) groups is 4. The topological polar surface area (TPSA) is 150 Å². The number of hydrogen-bond acceptors (Lipinski definition) is 11. The predicted octanol–water partition coefficient (Wildman–Crippen LogP) is 5.88. The van der Waals surface area contributed by atoms with Crippen molar-refractivity contribution in [3.63, 3.8) is 0 Å². The molecule has 1 aromatic rings. The van der Waals surface area contributed by atoms with Gasteiger partial charge in [-0.1, -0.05) is 65.9 Å². The molecule has 0 radical (unpaired) electrons. The van der Waals surface area contributed by atoms with Gasteiger partial charge >= 0.3 is 24.2 Å². The van der Waals surface area contributed by atoms with E-state index in [1.807, 2.05) is 20.8 Å². The summed E-state index contributed by atoms with van der Waals surface area (Å²) < 4.78 is 31.3. The van der Waals surface area contributed by atoms with Crippen LogP contribution in [-0.2, 0) is 35.0 Å². The summed E-state index contributed by atoms with van der Waals surface area (Å²) in [4.78, 5) is 49.0. The molecule has 11 heteroatoms. The lowest BCUT2D eigenvalue weighted by molar-refractivity contribution is -0.161. The molecule has 1 aromatic carbocycles. The van der Waals surface area contributed by atoms with E-state index in [0.29, 0.717) is 24.8 Å². The Morgan fingerprint density at radius 3 is 1.90 bits per heavy atom. The van der Waals surface area contributed by atoms with Crippen molar-refractivity contribution in [1.29, 1.82) is 0 Å². The van der Waals surface area contributed by atoms with Crippen LogP contribution >= 0.6 is 0 Å². The summed E-state index contributed by atoms with van der Waals surface area (Å²) >= 11 is 0. The first-order valence-electron chi connectivity index (χ1n) is 14.6. The van der Waals surface area contributed by atoms with Gasteiger partial charge in [0.25, 0.3) is 0 Å². The Hall–Kier alpha value is -3.34. The minimum Gasteiger partial charge on any atom is -0.462 e. The molecule has 0 aromatic heterocycles. The standard InChI is InChI=1S/C30H47NO10/c1-6-9-11-16-36-29(34)40-25-15-14-23(19-26(25)41-30(35)37-17-12-10-7-2)18-24(31)28(33)39-22(5)20-38-27(32)21(4)13-8-3/h14-15,19,21-22,24H,6-13,16-18,20,31H2,1-5H3/t21?,22-,24-/m0/s1. The Morgan fingerprint density at radius 1 is 0.756 bits per heavy atom. The number of esters is 2. The monoisotopic (exact) mass is 581 g/mol. The first-order chi connectivity index (χ1) is 19.6. The van der Waals surface area contributed by atoms with Crippen LogP contribution in [0.5, 0.6) is 11.5 Å². The Labute approximate surface area is 243 Å². The third-order valence-electron chi connectivity index (χ3n) is 5.99. The molecule has 0 bridgehead atoms. The molecule has 0 amide bonds. The number of rotatable bonds is 19. The van der Waals surface area contributed by atoms with Crippen LogP contribution < -0.4 is 15.2 Å². The first kappa shape index (κ1) is 35.7. The highest BCUT2D eigenvalue weighted by Gasteiger charge is 2.23. The third-order valence-corrected chi connectivity index (χ3v) is 5.99. The predicted molar refractivity (Wildman–Crippen MR) is 152 cm³/mol. The van der Waals surface area contributed by atoms with Gasteiger partial charge in [0.05, 0.1) is 19.1 Å². The maximum Gasteiger partial charge on any atom is 0.513 e. The van der Waals surface area contributed by atoms with Gasteiger partial charge in [-0.3, -0.25) is 9.59 Å². The molecule has 1 unspecified atom stereocenters. The van der Waals surface area contributed by atoms with Crippen molar-refractivity contribution in [2.75, 3.05) is 19.8 Å². The van der Waals surface area contributed by atoms with Crippen LogP contribution in [-0.4, -0.2) is 56.2 Å². The largest absolute Gasteiger partial charge is 0.513 e. The fraction of sp³-hybridized carbons (Fsp3) is 0.667. The lowest BCUT2D eigenvalue weighted by Gasteiger charge is -2.18. The van der Waals surface area contributed by atoms with Gasteiger partial charge in [-0.2, -0.15) is 0 Å². The minimum absolute atomic E-state index is 0.0303. The number of hydrogen-bond donors (Lipinski definition) is 1. The number of unbranched alkanes of at least 4 members (excludes halogenated alkanes) is 4. The van der Waals surface area contributed by atoms with Crippen LogP contribution in [0.3, 0.4) is 0 Å². The summed E-state index contributed by atoms with van der Waals surface area (Å²) in [5.74, 6) is -1.41. The van der Waals surface area contributed by atoms with Crippen molar-refractivity contribution in [1.82, 2.24) is 0 Å². The van der Waals surface area contributed by atoms with Crippen molar-refractivity contribution in [3.8, 4) is 11.5 Å². The molecule has 0 aliphatic rings. The Morgan fingerprint density at radius 2 is 1.34 bits per heavy atom. The quantitative estimate of drug-likeness (QED) is 0.0903. The zero-order chi connectivity index (χ0) is 30.6. The van der Waals surface area contributed by atoms with Gasteiger partial charge in [0, 0.05) is 0 Å². The van der Waals surface area contributed by atoms with Gasteiger partial charge in [-0.15, -0.1) is 0 Å². The van der Waals surface area contributed by atoms with Crippen molar-refractivity contribution < 1.29 is 47.6 Å². The molecule has 0 aliphatic carbocycles. The lowest BCUT2D eigenvalue weighted by Crippen LogP contribution is -2.37. The number of benzene rings is 1. The van der Waals surface area contributed by atoms with E-state index in [4.69, 9.17) is 34.2 Å². The molecule has 0 spiro atoms. The summed E-state index contributed by atoms with van der Waals surface area (Å²) in [7, 11) is 0. The van der Waals surface area contributed by atoms with Crippen molar-refractivity contribution in [2.45, 2.75) is 105 Å². The van der Waals surface area contributed by atoms with Crippen LogP contribution in [0.2, 0.25) is 0 Å². The normalized spacial score (nSPS) is 12.9. The molecular weight excluding hydrogens is 534 g/mol. The van der Waals surface area contributed by atoms with Crippen LogP contribution in [0.1, 0.15) is 91.5 Å². The maximum atomic E-state index is 12.6. The zero-order valence-electron chi connectivity index (χ0n) is 25.1. The van der Waals surface area contributed by atoms with Crippen molar-refractivity contribution in [2.24, 2.45) is 11.7 Å². The second kappa shape index (κ2) is 20.5. The van der Waals surface area contributed by atoms with Crippen LogP contribution in [0.15, 0.2) is 18.2 Å². The molecule has 11 nitrogen and oxygen atoms in total. The van der Waals surface area contributed by atoms with Crippen molar-refractivity contribution in [3.05, 3.63) is 23.8 Å². The zero-order valence-corrected chi connectivity index (χ0v) is 25.1. The van der Waals surface area contributed by atoms with Gasteiger partial charge in [-0.25, -0.2) is 9.59 Å². The second-order valence-corrected chi connectivity index (χ2v) is 9.97. The first-order valence-corrected chi connectivity index (χ1v) is 14.6. The van der Waals surface area contributed by atoms with Gasteiger partial charge < -0.3 is 34.2 Å². The van der Waals surface area contributed by atoms with E-state index in [9.17, 15) is 19.2 Å². The van der Waals surface area contributed by atoms with E-state index in [2.05, 4.69) is 0 Å². The van der Waals surface area contributed by atoms with E-state index >= 15 is 0 Å². The highest BCUT2D eigenvalue weighted by molar-refractivity contribution is 5.76. The summed E-state index contributed by atoms with van der Waals surface area (Å²) in [6.45, 7) is 9.74. The van der Waals surface area contributed by atoms with Crippen molar-refractivity contribution >= 4 is 24.2 Å². The minimum atomic E-state index is -1.06. The second-order valence-electron chi connectivity index (χ2n) is 9.97. The Bertz CT molecular complexity index is 951. The molecule has 3 atom stereocenters. The number of nitrogens with two attached hydrogens (primary N) is 1. The van der Waals surface area contributed by atoms with Crippen LogP contribution in [0.4, 0.5) is 9.59 Å². The average molecular weight is 582 g/mol. The van der Waals surface area contributed by atoms with E-state index < -0.39 is 30.4 Å².